The Balaban J connectivity index is 2.21. The fourth-order valence-electron chi connectivity index (χ4n) is 2.35. The lowest BCUT2D eigenvalue weighted by Crippen LogP contribution is -2.34. The number of hydrogen-bond acceptors (Lipinski definition) is 2. The highest BCUT2D eigenvalue weighted by molar-refractivity contribution is 5.33. The van der Waals surface area contributed by atoms with Gasteiger partial charge in [0.25, 0.3) is 0 Å². The van der Waals surface area contributed by atoms with E-state index in [-0.39, 0.29) is 6.10 Å². The Kier molecular flexibility index (Phi) is 3.08. The largest absolute Gasteiger partial charge is 0.393 e. The van der Waals surface area contributed by atoms with Crippen molar-refractivity contribution < 1.29 is 5.11 Å². The summed E-state index contributed by atoms with van der Waals surface area (Å²) in [6, 6.07) is 6.86. The molecule has 15 heavy (non-hydrogen) atoms. The minimum atomic E-state index is -0.142. The molecule has 1 unspecified atom stereocenters. The summed E-state index contributed by atoms with van der Waals surface area (Å²) in [6.07, 6.45) is 1.57. The zero-order valence-electron chi connectivity index (χ0n) is 9.46. The van der Waals surface area contributed by atoms with Gasteiger partial charge in [-0.2, -0.15) is 0 Å². The summed E-state index contributed by atoms with van der Waals surface area (Å²) in [5, 5.41) is 13.1. The average Bonchev–Trinajstić information content (AvgIpc) is 2.17. The summed E-state index contributed by atoms with van der Waals surface area (Å²) >= 11 is 0. The molecule has 82 valence electrons. The molecule has 0 aliphatic carbocycles. The van der Waals surface area contributed by atoms with E-state index in [1.54, 1.807) is 0 Å². The van der Waals surface area contributed by atoms with Gasteiger partial charge in [-0.3, -0.25) is 0 Å². The van der Waals surface area contributed by atoms with Crippen molar-refractivity contribution in [2.24, 2.45) is 0 Å². The van der Waals surface area contributed by atoms with E-state index >= 15 is 0 Å². The summed E-state index contributed by atoms with van der Waals surface area (Å²) in [5.74, 6) is 0. The maximum absolute atomic E-state index is 9.65. The van der Waals surface area contributed by atoms with Gasteiger partial charge >= 0.3 is 0 Å². The average molecular weight is 205 g/mol. The van der Waals surface area contributed by atoms with E-state index in [1.165, 1.54) is 16.7 Å². The zero-order valence-corrected chi connectivity index (χ0v) is 9.46. The molecule has 1 heterocycles. The van der Waals surface area contributed by atoms with Crippen LogP contribution in [0, 0.1) is 13.8 Å². The fraction of sp³-hybridized carbons (Fsp3) is 0.538. The van der Waals surface area contributed by atoms with E-state index in [2.05, 4.69) is 37.4 Å². The fourth-order valence-corrected chi connectivity index (χ4v) is 2.35. The molecule has 0 radical (unpaired) electrons. The van der Waals surface area contributed by atoms with Crippen LogP contribution in [-0.4, -0.2) is 17.8 Å². The van der Waals surface area contributed by atoms with E-state index in [0.29, 0.717) is 6.04 Å². The van der Waals surface area contributed by atoms with Crippen molar-refractivity contribution in [2.75, 3.05) is 6.54 Å². The molecule has 0 aromatic heterocycles. The molecule has 2 atom stereocenters. The van der Waals surface area contributed by atoms with Gasteiger partial charge < -0.3 is 10.4 Å². The Labute approximate surface area is 91.3 Å². The van der Waals surface area contributed by atoms with Crippen LogP contribution in [0.1, 0.15) is 35.6 Å². The lowest BCUT2D eigenvalue weighted by molar-refractivity contribution is 0.116. The normalized spacial score (nSPS) is 26.6. The third-order valence-electron chi connectivity index (χ3n) is 3.18. The van der Waals surface area contributed by atoms with Crippen LogP contribution >= 0.6 is 0 Å². The van der Waals surface area contributed by atoms with Gasteiger partial charge in [-0.1, -0.05) is 23.8 Å². The van der Waals surface area contributed by atoms with Crippen LogP contribution < -0.4 is 5.32 Å². The molecule has 0 bridgehead atoms. The molecule has 0 spiro atoms. The quantitative estimate of drug-likeness (QED) is 0.735. The minimum Gasteiger partial charge on any atom is -0.393 e. The smallest absolute Gasteiger partial charge is 0.0570 e. The van der Waals surface area contributed by atoms with Gasteiger partial charge in [0.1, 0.15) is 0 Å². The molecule has 1 aliphatic rings. The third kappa shape index (κ3) is 2.39. The first-order chi connectivity index (χ1) is 7.16. The van der Waals surface area contributed by atoms with Crippen molar-refractivity contribution in [1.82, 2.24) is 5.32 Å². The standard InChI is InChI=1S/C13H19NO/c1-9-3-4-12(10(2)7-9)13-8-11(15)5-6-14-13/h3-4,7,11,13-15H,5-6,8H2,1-2H3/t11-,13?/m0/s1. The Morgan fingerprint density at radius 3 is 2.80 bits per heavy atom. The third-order valence-corrected chi connectivity index (χ3v) is 3.18. The number of aliphatic hydroxyl groups excluding tert-OH is 1. The molecule has 1 fully saturated rings. The molecule has 2 heteroatoms. The number of nitrogens with one attached hydrogen (secondary N) is 1. The van der Waals surface area contributed by atoms with Crippen molar-refractivity contribution in [2.45, 2.75) is 38.8 Å². The number of hydrogen-bond donors (Lipinski definition) is 2. The molecular weight excluding hydrogens is 186 g/mol. The van der Waals surface area contributed by atoms with E-state index in [0.717, 1.165) is 19.4 Å². The SMILES string of the molecule is Cc1ccc(C2C[C@@H](O)CCN2)c(C)c1. The van der Waals surface area contributed by atoms with Crippen molar-refractivity contribution >= 4 is 0 Å². The van der Waals surface area contributed by atoms with Crippen LogP contribution in [0.15, 0.2) is 18.2 Å². The predicted octanol–water partition coefficient (Wildman–Crippen LogP) is 2.09. The van der Waals surface area contributed by atoms with E-state index in [1.807, 2.05) is 0 Å². The molecule has 1 saturated heterocycles. The summed E-state index contributed by atoms with van der Waals surface area (Å²) in [7, 11) is 0. The highest BCUT2D eigenvalue weighted by Crippen LogP contribution is 2.26. The van der Waals surface area contributed by atoms with Gasteiger partial charge in [-0.05, 0) is 44.4 Å². The highest BCUT2D eigenvalue weighted by atomic mass is 16.3. The Hall–Kier alpha value is -0.860. The van der Waals surface area contributed by atoms with E-state index in [4.69, 9.17) is 0 Å². The van der Waals surface area contributed by atoms with Gasteiger partial charge in [-0.15, -0.1) is 0 Å². The Morgan fingerprint density at radius 1 is 1.33 bits per heavy atom. The van der Waals surface area contributed by atoms with Gasteiger partial charge in [0.15, 0.2) is 0 Å². The number of aliphatic hydroxyl groups is 1. The number of benzene rings is 1. The van der Waals surface area contributed by atoms with Crippen molar-refractivity contribution in [3.8, 4) is 0 Å². The summed E-state index contributed by atoms with van der Waals surface area (Å²) < 4.78 is 0. The first-order valence-electron chi connectivity index (χ1n) is 5.65. The molecule has 0 saturated carbocycles. The lowest BCUT2D eigenvalue weighted by atomic mass is 9.92. The molecule has 1 aromatic carbocycles. The molecule has 1 aliphatic heterocycles. The number of aryl methyl sites for hydroxylation is 2. The first kappa shape index (κ1) is 10.7. The van der Waals surface area contributed by atoms with Crippen molar-refractivity contribution in [3.05, 3.63) is 34.9 Å². The lowest BCUT2D eigenvalue weighted by Gasteiger charge is -2.28. The second-order valence-electron chi connectivity index (χ2n) is 4.54. The van der Waals surface area contributed by atoms with Crippen LogP contribution in [-0.2, 0) is 0 Å². The second kappa shape index (κ2) is 4.33. The van der Waals surface area contributed by atoms with Crippen molar-refractivity contribution in [3.63, 3.8) is 0 Å². The molecule has 2 rings (SSSR count). The maximum atomic E-state index is 9.65. The van der Waals surface area contributed by atoms with Gasteiger partial charge in [0.05, 0.1) is 6.10 Å². The van der Waals surface area contributed by atoms with Gasteiger partial charge in [0, 0.05) is 6.04 Å². The Bertz CT molecular complexity index is 348. The zero-order chi connectivity index (χ0) is 10.8. The molecule has 2 N–H and O–H groups in total. The molecule has 2 nitrogen and oxygen atoms in total. The van der Waals surface area contributed by atoms with E-state index in [9.17, 15) is 5.11 Å². The van der Waals surface area contributed by atoms with Crippen molar-refractivity contribution in [1.29, 1.82) is 0 Å². The second-order valence-corrected chi connectivity index (χ2v) is 4.54. The van der Waals surface area contributed by atoms with Crippen LogP contribution in [0.5, 0.6) is 0 Å². The van der Waals surface area contributed by atoms with Crippen LogP contribution in [0.4, 0.5) is 0 Å². The summed E-state index contributed by atoms with van der Waals surface area (Å²) in [6.45, 7) is 5.17. The van der Waals surface area contributed by atoms with Crippen LogP contribution in [0.2, 0.25) is 0 Å². The minimum absolute atomic E-state index is 0.142. The van der Waals surface area contributed by atoms with Crippen LogP contribution in [0.25, 0.3) is 0 Å². The molecule has 1 aromatic rings. The molecular formula is C13H19NO. The number of piperidine rings is 1. The Morgan fingerprint density at radius 2 is 2.13 bits per heavy atom. The van der Waals surface area contributed by atoms with Crippen LogP contribution in [0.3, 0.4) is 0 Å². The van der Waals surface area contributed by atoms with E-state index < -0.39 is 0 Å². The van der Waals surface area contributed by atoms with Gasteiger partial charge in [0.2, 0.25) is 0 Å². The first-order valence-corrected chi connectivity index (χ1v) is 5.65. The maximum Gasteiger partial charge on any atom is 0.0570 e. The summed E-state index contributed by atoms with van der Waals surface area (Å²) in [4.78, 5) is 0. The topological polar surface area (TPSA) is 32.3 Å². The summed E-state index contributed by atoms with van der Waals surface area (Å²) in [5.41, 5.74) is 3.95. The molecule has 0 amide bonds. The van der Waals surface area contributed by atoms with Gasteiger partial charge in [-0.25, -0.2) is 0 Å². The predicted molar refractivity (Wildman–Crippen MR) is 61.9 cm³/mol. The highest BCUT2D eigenvalue weighted by Gasteiger charge is 2.21. The monoisotopic (exact) mass is 205 g/mol. The number of rotatable bonds is 1.